The molecule has 2 rings (SSSR count). The molecule has 110 valence electrons. The van der Waals surface area contributed by atoms with Crippen molar-refractivity contribution in [3.8, 4) is 5.75 Å². The van der Waals surface area contributed by atoms with Crippen LogP contribution in [0.15, 0.2) is 24.3 Å². The SMILES string of the molecule is CN(CCOc1ccc(F)cc1)C(=O)C1CCCCC1. The van der Waals surface area contributed by atoms with E-state index in [-0.39, 0.29) is 17.6 Å². The summed E-state index contributed by atoms with van der Waals surface area (Å²) in [5, 5.41) is 0. The Morgan fingerprint density at radius 2 is 1.90 bits per heavy atom. The monoisotopic (exact) mass is 279 g/mol. The van der Waals surface area contributed by atoms with E-state index in [9.17, 15) is 9.18 Å². The number of amides is 1. The van der Waals surface area contributed by atoms with E-state index in [0.717, 1.165) is 25.7 Å². The minimum atomic E-state index is -0.276. The second kappa shape index (κ2) is 7.27. The van der Waals surface area contributed by atoms with Crippen LogP contribution < -0.4 is 4.74 Å². The van der Waals surface area contributed by atoms with Gasteiger partial charge in [0.2, 0.25) is 5.91 Å². The highest BCUT2D eigenvalue weighted by atomic mass is 19.1. The highest BCUT2D eigenvalue weighted by Crippen LogP contribution is 2.25. The third-order valence-electron chi connectivity index (χ3n) is 3.84. The number of ether oxygens (including phenoxy) is 1. The molecule has 0 spiro atoms. The van der Waals surface area contributed by atoms with Crippen LogP contribution >= 0.6 is 0 Å². The van der Waals surface area contributed by atoms with Crippen molar-refractivity contribution in [2.24, 2.45) is 5.92 Å². The summed E-state index contributed by atoms with van der Waals surface area (Å²) in [6, 6.07) is 5.93. The molecule has 1 aliphatic carbocycles. The highest BCUT2D eigenvalue weighted by molar-refractivity contribution is 5.78. The highest BCUT2D eigenvalue weighted by Gasteiger charge is 2.23. The van der Waals surface area contributed by atoms with Gasteiger partial charge in [0.05, 0.1) is 6.54 Å². The summed E-state index contributed by atoms with van der Waals surface area (Å²) in [5.41, 5.74) is 0. The number of hydrogen-bond acceptors (Lipinski definition) is 2. The van der Waals surface area contributed by atoms with Gasteiger partial charge in [-0.2, -0.15) is 0 Å². The van der Waals surface area contributed by atoms with E-state index in [1.54, 1.807) is 17.0 Å². The predicted octanol–water partition coefficient (Wildman–Crippen LogP) is 3.24. The fourth-order valence-electron chi connectivity index (χ4n) is 2.60. The van der Waals surface area contributed by atoms with Gasteiger partial charge in [-0.1, -0.05) is 19.3 Å². The molecule has 0 aromatic heterocycles. The molecule has 0 radical (unpaired) electrons. The van der Waals surface area contributed by atoms with Crippen molar-refractivity contribution in [2.45, 2.75) is 32.1 Å². The Balaban J connectivity index is 1.72. The fourth-order valence-corrected chi connectivity index (χ4v) is 2.60. The Morgan fingerprint density at radius 1 is 1.25 bits per heavy atom. The van der Waals surface area contributed by atoms with E-state index in [0.29, 0.717) is 18.9 Å². The van der Waals surface area contributed by atoms with Crippen molar-refractivity contribution in [3.05, 3.63) is 30.1 Å². The summed E-state index contributed by atoms with van der Waals surface area (Å²) in [6.45, 7) is 0.993. The first-order chi connectivity index (χ1) is 9.66. The number of nitrogens with zero attached hydrogens (tertiary/aromatic N) is 1. The maximum atomic E-state index is 12.7. The standard InChI is InChI=1S/C16H22FNO2/c1-18(16(19)13-5-3-2-4-6-13)11-12-20-15-9-7-14(17)8-10-15/h7-10,13H,2-6,11-12H2,1H3. The van der Waals surface area contributed by atoms with E-state index >= 15 is 0 Å². The largest absolute Gasteiger partial charge is 0.492 e. The van der Waals surface area contributed by atoms with Gasteiger partial charge < -0.3 is 9.64 Å². The molecule has 1 fully saturated rings. The van der Waals surface area contributed by atoms with Crippen molar-refractivity contribution >= 4 is 5.91 Å². The van der Waals surface area contributed by atoms with Crippen molar-refractivity contribution < 1.29 is 13.9 Å². The zero-order valence-electron chi connectivity index (χ0n) is 12.0. The number of carbonyl (C=O) groups is 1. The molecule has 1 saturated carbocycles. The Bertz CT molecular complexity index is 427. The molecule has 1 aliphatic rings. The summed E-state index contributed by atoms with van der Waals surface area (Å²) in [7, 11) is 1.82. The lowest BCUT2D eigenvalue weighted by molar-refractivity contribution is -0.135. The number of carbonyl (C=O) groups excluding carboxylic acids is 1. The van der Waals surface area contributed by atoms with Gasteiger partial charge in [-0.3, -0.25) is 4.79 Å². The smallest absolute Gasteiger partial charge is 0.225 e. The molecule has 0 bridgehead atoms. The van der Waals surface area contributed by atoms with Crippen molar-refractivity contribution in [3.63, 3.8) is 0 Å². The van der Waals surface area contributed by atoms with Crippen LogP contribution in [0.3, 0.4) is 0 Å². The number of halogens is 1. The molecule has 0 aliphatic heterocycles. The summed E-state index contributed by atoms with van der Waals surface area (Å²) in [5.74, 6) is 0.777. The van der Waals surface area contributed by atoms with Gasteiger partial charge in [-0.05, 0) is 37.1 Å². The first-order valence-corrected chi connectivity index (χ1v) is 7.30. The number of hydrogen-bond donors (Lipinski definition) is 0. The molecule has 0 heterocycles. The second-order valence-corrected chi connectivity index (χ2v) is 5.40. The van der Waals surface area contributed by atoms with E-state index < -0.39 is 0 Å². The number of benzene rings is 1. The Morgan fingerprint density at radius 3 is 2.55 bits per heavy atom. The van der Waals surface area contributed by atoms with Gasteiger partial charge in [-0.25, -0.2) is 4.39 Å². The minimum Gasteiger partial charge on any atom is -0.492 e. The summed E-state index contributed by atoms with van der Waals surface area (Å²) in [6.07, 6.45) is 5.61. The quantitative estimate of drug-likeness (QED) is 0.828. The second-order valence-electron chi connectivity index (χ2n) is 5.40. The van der Waals surface area contributed by atoms with E-state index in [4.69, 9.17) is 4.74 Å². The zero-order valence-corrected chi connectivity index (χ0v) is 12.0. The molecule has 3 nitrogen and oxygen atoms in total. The summed E-state index contributed by atoms with van der Waals surface area (Å²) >= 11 is 0. The minimum absolute atomic E-state index is 0.194. The summed E-state index contributed by atoms with van der Waals surface area (Å²) in [4.78, 5) is 14.0. The Labute approximate surface area is 119 Å². The topological polar surface area (TPSA) is 29.5 Å². The average Bonchev–Trinajstić information content (AvgIpc) is 2.49. The van der Waals surface area contributed by atoms with Crippen LogP contribution in [0.2, 0.25) is 0 Å². The normalized spacial score (nSPS) is 15.9. The van der Waals surface area contributed by atoms with Crippen LogP contribution in [0.1, 0.15) is 32.1 Å². The van der Waals surface area contributed by atoms with Gasteiger partial charge in [0.15, 0.2) is 0 Å². The van der Waals surface area contributed by atoms with E-state index in [1.165, 1.54) is 18.6 Å². The lowest BCUT2D eigenvalue weighted by Crippen LogP contribution is -2.36. The molecule has 1 aromatic rings. The maximum absolute atomic E-state index is 12.7. The third kappa shape index (κ3) is 4.22. The molecular weight excluding hydrogens is 257 g/mol. The van der Waals surface area contributed by atoms with Gasteiger partial charge in [-0.15, -0.1) is 0 Å². The lowest BCUT2D eigenvalue weighted by atomic mass is 9.88. The average molecular weight is 279 g/mol. The van der Waals surface area contributed by atoms with Crippen LogP contribution in [-0.2, 0) is 4.79 Å². The first-order valence-electron chi connectivity index (χ1n) is 7.30. The van der Waals surface area contributed by atoms with Crippen molar-refractivity contribution in [2.75, 3.05) is 20.2 Å². The fraction of sp³-hybridized carbons (Fsp3) is 0.562. The van der Waals surface area contributed by atoms with Crippen LogP contribution in [0.4, 0.5) is 4.39 Å². The number of likely N-dealkylation sites (N-methyl/N-ethyl adjacent to an activating group) is 1. The van der Waals surface area contributed by atoms with Crippen LogP contribution in [0.25, 0.3) is 0 Å². The van der Waals surface area contributed by atoms with Crippen LogP contribution in [0, 0.1) is 11.7 Å². The Kier molecular flexibility index (Phi) is 5.39. The van der Waals surface area contributed by atoms with Gasteiger partial charge in [0.1, 0.15) is 18.2 Å². The molecular formula is C16H22FNO2. The van der Waals surface area contributed by atoms with E-state index in [2.05, 4.69) is 0 Å². The van der Waals surface area contributed by atoms with E-state index in [1.807, 2.05) is 7.05 Å². The van der Waals surface area contributed by atoms with Crippen molar-refractivity contribution in [1.29, 1.82) is 0 Å². The molecule has 1 amide bonds. The van der Waals surface area contributed by atoms with Gasteiger partial charge in [0, 0.05) is 13.0 Å². The van der Waals surface area contributed by atoms with Crippen LogP contribution in [-0.4, -0.2) is 31.0 Å². The molecule has 20 heavy (non-hydrogen) atoms. The molecule has 0 unspecified atom stereocenters. The van der Waals surface area contributed by atoms with Gasteiger partial charge >= 0.3 is 0 Å². The molecule has 1 aromatic carbocycles. The molecule has 4 heteroatoms. The molecule has 0 atom stereocenters. The summed E-state index contributed by atoms with van der Waals surface area (Å²) < 4.78 is 18.2. The first kappa shape index (κ1) is 14.8. The zero-order chi connectivity index (χ0) is 14.4. The van der Waals surface area contributed by atoms with Crippen molar-refractivity contribution in [1.82, 2.24) is 4.90 Å². The Hall–Kier alpha value is -1.58. The van der Waals surface area contributed by atoms with Crippen LogP contribution in [0.5, 0.6) is 5.75 Å². The predicted molar refractivity (Wildman–Crippen MR) is 76.1 cm³/mol. The van der Waals surface area contributed by atoms with Gasteiger partial charge in [0.25, 0.3) is 0 Å². The third-order valence-corrected chi connectivity index (χ3v) is 3.84. The number of rotatable bonds is 5. The molecule has 0 N–H and O–H groups in total. The molecule has 0 saturated heterocycles. The lowest BCUT2D eigenvalue weighted by Gasteiger charge is -2.26. The maximum Gasteiger partial charge on any atom is 0.225 e.